The van der Waals surface area contributed by atoms with E-state index in [2.05, 4.69) is 10.3 Å². The minimum Gasteiger partial charge on any atom is -0.455 e. The van der Waals surface area contributed by atoms with E-state index in [0.717, 1.165) is 25.7 Å². The number of rotatable bonds is 10. The highest BCUT2D eigenvalue weighted by Crippen LogP contribution is 2.21. The molecule has 1 fully saturated rings. The molecule has 1 aromatic carbocycles. The average molecular weight is 519 g/mol. The van der Waals surface area contributed by atoms with Gasteiger partial charge in [-0.3, -0.25) is 4.79 Å². The zero-order chi connectivity index (χ0) is 27.2. The minimum atomic E-state index is -0.572. The van der Waals surface area contributed by atoms with Crippen LogP contribution in [-0.4, -0.2) is 65.6 Å². The Bertz CT molecular complexity index is 1010. The second-order valence-electron chi connectivity index (χ2n) is 8.43. The van der Waals surface area contributed by atoms with Gasteiger partial charge in [0.2, 0.25) is 12.7 Å². The fraction of sp³-hybridized carbons (Fsp3) is 0.458. The van der Waals surface area contributed by atoms with Gasteiger partial charge in [-0.05, 0) is 56.5 Å². The number of ether oxygens (including phenoxy) is 2. The number of pyridine rings is 1. The van der Waals surface area contributed by atoms with Gasteiger partial charge in [-0.1, -0.05) is 18.6 Å². The molecule has 3 rings (SSSR count). The summed E-state index contributed by atoms with van der Waals surface area (Å²) in [5.74, 6) is 0.726. The molecule has 12 N–H and O–H groups in total. The molecular formula is C24H38N8O5. The van der Waals surface area contributed by atoms with Crippen LogP contribution in [0.4, 0.5) is 27.8 Å². The SMILES string of the molecule is NCCCCC(N)C(=O)Nc1ccc(N)c(N)n1.Nc1ccccc1OCOC(=O)N1CCCC1CO. The number of nitrogen functional groups attached to an aromatic ring is 3. The largest absolute Gasteiger partial charge is 0.455 e. The van der Waals surface area contributed by atoms with Crippen molar-refractivity contribution in [1.29, 1.82) is 0 Å². The zero-order valence-corrected chi connectivity index (χ0v) is 20.8. The summed E-state index contributed by atoms with van der Waals surface area (Å²) in [7, 11) is 0. The molecule has 1 aromatic heterocycles. The van der Waals surface area contributed by atoms with E-state index in [1.807, 2.05) is 0 Å². The summed E-state index contributed by atoms with van der Waals surface area (Å²) in [6.07, 6.45) is 3.49. The van der Waals surface area contributed by atoms with Crippen LogP contribution >= 0.6 is 0 Å². The number of aliphatic hydroxyl groups is 1. The summed E-state index contributed by atoms with van der Waals surface area (Å²) in [5.41, 5.74) is 28.7. The first kappa shape index (κ1) is 29.4. The lowest BCUT2D eigenvalue weighted by Crippen LogP contribution is -2.38. The van der Waals surface area contributed by atoms with Gasteiger partial charge >= 0.3 is 6.09 Å². The van der Waals surface area contributed by atoms with Crippen LogP contribution in [0.15, 0.2) is 36.4 Å². The van der Waals surface area contributed by atoms with E-state index in [4.69, 9.17) is 43.2 Å². The van der Waals surface area contributed by atoms with Crippen molar-refractivity contribution in [3.63, 3.8) is 0 Å². The van der Waals surface area contributed by atoms with Crippen molar-refractivity contribution in [2.24, 2.45) is 11.5 Å². The number of carbonyl (C=O) groups excluding carboxylic acids is 2. The molecule has 0 spiro atoms. The van der Waals surface area contributed by atoms with Crippen LogP contribution in [0.25, 0.3) is 0 Å². The third kappa shape index (κ3) is 9.63. The minimum absolute atomic E-state index is 0.0401. The van der Waals surface area contributed by atoms with Crippen molar-refractivity contribution in [3.8, 4) is 5.75 Å². The highest BCUT2D eigenvalue weighted by atomic mass is 16.7. The van der Waals surface area contributed by atoms with Gasteiger partial charge in [-0.25, -0.2) is 9.78 Å². The Morgan fingerprint density at radius 2 is 1.89 bits per heavy atom. The Morgan fingerprint density at radius 3 is 2.57 bits per heavy atom. The summed E-state index contributed by atoms with van der Waals surface area (Å²) >= 11 is 0. The van der Waals surface area contributed by atoms with Crippen LogP contribution in [0.2, 0.25) is 0 Å². The first-order chi connectivity index (χ1) is 17.8. The van der Waals surface area contributed by atoms with Crippen LogP contribution in [0.5, 0.6) is 5.75 Å². The first-order valence-corrected chi connectivity index (χ1v) is 12.1. The summed E-state index contributed by atoms with van der Waals surface area (Å²) < 4.78 is 10.3. The molecule has 0 bridgehead atoms. The van der Waals surface area contributed by atoms with Gasteiger partial charge in [0.1, 0.15) is 17.4 Å². The van der Waals surface area contributed by atoms with Crippen molar-refractivity contribution in [2.45, 2.75) is 44.2 Å². The number of carbonyl (C=O) groups is 2. The van der Waals surface area contributed by atoms with E-state index in [1.54, 1.807) is 36.4 Å². The van der Waals surface area contributed by atoms with E-state index in [1.165, 1.54) is 4.90 Å². The van der Waals surface area contributed by atoms with Crippen molar-refractivity contribution >= 4 is 35.0 Å². The lowest BCUT2D eigenvalue weighted by molar-refractivity contribution is -0.117. The maximum Gasteiger partial charge on any atom is 0.412 e. The Morgan fingerprint density at radius 1 is 1.14 bits per heavy atom. The fourth-order valence-corrected chi connectivity index (χ4v) is 3.52. The maximum atomic E-state index is 11.8. The number of aromatic nitrogens is 1. The monoisotopic (exact) mass is 518 g/mol. The molecule has 0 aliphatic carbocycles. The Hall–Kier alpha value is -3.81. The molecule has 13 heteroatoms. The summed E-state index contributed by atoms with van der Waals surface area (Å²) in [5, 5.41) is 11.7. The molecule has 1 saturated heterocycles. The number of nitrogens with one attached hydrogen (secondary N) is 1. The van der Waals surface area contributed by atoms with E-state index in [0.29, 0.717) is 42.5 Å². The Kier molecular flexibility index (Phi) is 12.2. The number of anilines is 4. The number of likely N-dealkylation sites (tertiary alicyclic amines) is 1. The van der Waals surface area contributed by atoms with Crippen LogP contribution in [0, 0.1) is 0 Å². The van der Waals surface area contributed by atoms with Gasteiger partial charge in [0.15, 0.2) is 0 Å². The van der Waals surface area contributed by atoms with E-state index in [9.17, 15) is 9.59 Å². The molecule has 2 heterocycles. The van der Waals surface area contributed by atoms with Gasteiger partial charge in [-0.2, -0.15) is 0 Å². The quantitative estimate of drug-likeness (QED) is 0.132. The third-order valence-electron chi connectivity index (χ3n) is 5.65. The number of unbranched alkanes of at least 4 members (excludes halogenated alkanes) is 1. The van der Waals surface area contributed by atoms with Crippen molar-refractivity contribution < 1.29 is 24.2 Å². The second-order valence-corrected chi connectivity index (χ2v) is 8.43. The second kappa shape index (κ2) is 15.3. The van der Waals surface area contributed by atoms with E-state index < -0.39 is 12.1 Å². The molecule has 2 amide bonds. The standard InChI is InChI=1S/C13H18N2O4.C11H20N6O/c14-11-5-1-2-6-12(11)18-9-19-13(17)15-7-3-4-10(15)8-16;12-6-2-1-3-8(14)11(18)17-9-5-4-7(13)10(15)16-9/h1-2,5-6,10,16H,3-4,7-9,14H2;4-5,8H,1-3,6,12-14H2,(H3,15,16,17,18). The predicted octanol–water partition coefficient (Wildman–Crippen LogP) is 0.839. The number of nitrogens with zero attached hydrogens (tertiary/aromatic N) is 2. The number of hydrogen-bond donors (Lipinski definition) is 7. The number of nitrogens with two attached hydrogens (primary N) is 5. The van der Waals surface area contributed by atoms with Crippen LogP contribution in [0.1, 0.15) is 32.1 Å². The van der Waals surface area contributed by atoms with Crippen molar-refractivity contribution in [1.82, 2.24) is 9.88 Å². The van der Waals surface area contributed by atoms with Crippen LogP contribution < -0.4 is 38.7 Å². The highest BCUT2D eigenvalue weighted by molar-refractivity contribution is 5.94. The molecule has 204 valence electrons. The number of para-hydroxylation sites is 2. The van der Waals surface area contributed by atoms with Crippen LogP contribution in [0.3, 0.4) is 0 Å². The van der Waals surface area contributed by atoms with Gasteiger partial charge in [-0.15, -0.1) is 0 Å². The fourth-order valence-electron chi connectivity index (χ4n) is 3.52. The molecule has 2 unspecified atom stereocenters. The van der Waals surface area contributed by atoms with Gasteiger partial charge in [0.25, 0.3) is 0 Å². The van der Waals surface area contributed by atoms with Gasteiger partial charge in [0, 0.05) is 6.54 Å². The Labute approximate surface area is 216 Å². The van der Waals surface area contributed by atoms with Crippen molar-refractivity contribution in [2.75, 3.05) is 49.0 Å². The lowest BCUT2D eigenvalue weighted by Gasteiger charge is -2.22. The van der Waals surface area contributed by atoms with Gasteiger partial charge in [0.05, 0.1) is 30.1 Å². The topological polar surface area (TPSA) is 231 Å². The molecular weight excluding hydrogens is 480 g/mol. The lowest BCUT2D eigenvalue weighted by atomic mass is 10.1. The summed E-state index contributed by atoms with van der Waals surface area (Å²) in [4.78, 5) is 29.0. The predicted molar refractivity (Wildman–Crippen MR) is 142 cm³/mol. The van der Waals surface area contributed by atoms with Crippen molar-refractivity contribution in [3.05, 3.63) is 36.4 Å². The molecule has 37 heavy (non-hydrogen) atoms. The third-order valence-corrected chi connectivity index (χ3v) is 5.65. The average Bonchev–Trinajstić information content (AvgIpc) is 3.37. The molecule has 2 atom stereocenters. The Balaban J connectivity index is 0.000000261. The molecule has 0 radical (unpaired) electrons. The smallest absolute Gasteiger partial charge is 0.412 e. The number of amides is 2. The highest BCUT2D eigenvalue weighted by Gasteiger charge is 2.29. The normalized spacial score (nSPS) is 15.3. The maximum absolute atomic E-state index is 11.8. The van der Waals surface area contributed by atoms with E-state index in [-0.39, 0.29) is 31.2 Å². The van der Waals surface area contributed by atoms with Gasteiger partial charge < -0.3 is 53.5 Å². The molecule has 1 aliphatic heterocycles. The number of benzene rings is 1. The number of hydrogen-bond acceptors (Lipinski definition) is 11. The molecule has 2 aromatic rings. The van der Waals surface area contributed by atoms with E-state index >= 15 is 0 Å². The summed E-state index contributed by atoms with van der Waals surface area (Å²) in [6, 6.07) is 9.44. The molecule has 1 aliphatic rings. The zero-order valence-electron chi connectivity index (χ0n) is 20.8. The summed E-state index contributed by atoms with van der Waals surface area (Å²) in [6.45, 7) is 0.977. The first-order valence-electron chi connectivity index (χ1n) is 12.1. The number of aliphatic hydroxyl groups excluding tert-OH is 1. The molecule has 13 nitrogen and oxygen atoms in total. The van der Waals surface area contributed by atoms with Crippen LogP contribution in [-0.2, 0) is 9.53 Å². The molecule has 0 saturated carbocycles.